The van der Waals surface area contributed by atoms with Gasteiger partial charge in [0.2, 0.25) is 0 Å². The third-order valence-corrected chi connectivity index (χ3v) is 3.59. The lowest BCUT2D eigenvalue weighted by molar-refractivity contribution is 0.724. The molecule has 0 saturated carbocycles. The predicted molar refractivity (Wildman–Crippen MR) is 95.7 cm³/mol. The van der Waals surface area contributed by atoms with Crippen LogP contribution in [-0.2, 0) is 0 Å². The summed E-state index contributed by atoms with van der Waals surface area (Å²) in [4.78, 5) is 2.37. The minimum atomic E-state index is 0.458. The Morgan fingerprint density at radius 2 is 2.00 bits per heavy atom. The van der Waals surface area contributed by atoms with Gasteiger partial charge in [0.05, 0.1) is 0 Å². The van der Waals surface area contributed by atoms with Crippen molar-refractivity contribution in [2.75, 3.05) is 30.3 Å². The first-order valence-electron chi connectivity index (χ1n) is 7.70. The summed E-state index contributed by atoms with van der Waals surface area (Å²) in [7, 11) is 0. The Morgan fingerprint density at radius 1 is 1.29 bits per heavy atom. The average Bonchev–Trinajstić information content (AvgIpc) is 2.45. The molecule has 3 N–H and O–H groups in total. The molecular weight excluding hydrogens is 258 g/mol. The number of rotatable bonds is 9. The number of nitrogens with two attached hydrogens (primary N) is 1. The van der Waals surface area contributed by atoms with Gasteiger partial charge in [-0.3, -0.25) is 0 Å². The Labute approximate surface area is 129 Å². The minimum Gasteiger partial charge on any atom is -0.398 e. The fraction of sp³-hybridized carbons (Fsp3) is 0.444. The van der Waals surface area contributed by atoms with Gasteiger partial charge in [-0.25, -0.2) is 0 Å². The van der Waals surface area contributed by atoms with Crippen LogP contribution in [0, 0.1) is 0 Å². The van der Waals surface area contributed by atoms with Crippen LogP contribution >= 0.6 is 0 Å². The molecule has 1 aromatic carbocycles. The van der Waals surface area contributed by atoms with E-state index in [2.05, 4.69) is 56.3 Å². The van der Waals surface area contributed by atoms with E-state index in [1.807, 2.05) is 6.08 Å². The van der Waals surface area contributed by atoms with Crippen molar-refractivity contribution in [3.05, 3.63) is 42.6 Å². The summed E-state index contributed by atoms with van der Waals surface area (Å²) >= 11 is 0. The van der Waals surface area contributed by atoms with Gasteiger partial charge < -0.3 is 16.0 Å². The van der Waals surface area contributed by atoms with Crippen LogP contribution in [0.1, 0.15) is 44.2 Å². The standard InChI is InChI=1S/C18H29N3/c1-6-10-21(11-9-20-8-3)18-13-15(14(4)5)12-17(19)16(18)7-2/h7-8,12-14,20H,2-3,6,9-11,19H2,1,4-5H3. The van der Waals surface area contributed by atoms with Crippen LogP contribution in [0.15, 0.2) is 31.5 Å². The summed E-state index contributed by atoms with van der Waals surface area (Å²) in [5.41, 5.74) is 10.5. The number of nitrogen functional groups attached to an aromatic ring is 1. The molecule has 0 aromatic heterocycles. The van der Waals surface area contributed by atoms with Crippen LogP contribution in [0.5, 0.6) is 0 Å². The zero-order valence-electron chi connectivity index (χ0n) is 13.7. The number of hydrogen-bond donors (Lipinski definition) is 2. The summed E-state index contributed by atoms with van der Waals surface area (Å²) < 4.78 is 0. The monoisotopic (exact) mass is 287 g/mol. The van der Waals surface area contributed by atoms with Gasteiger partial charge in [-0.15, -0.1) is 0 Å². The molecule has 0 atom stereocenters. The predicted octanol–water partition coefficient (Wildman–Crippen LogP) is 3.98. The number of nitrogens with one attached hydrogen (secondary N) is 1. The molecule has 116 valence electrons. The number of anilines is 2. The van der Waals surface area contributed by atoms with E-state index in [4.69, 9.17) is 5.73 Å². The van der Waals surface area contributed by atoms with Crippen LogP contribution in [0.25, 0.3) is 6.08 Å². The summed E-state index contributed by atoms with van der Waals surface area (Å²) in [5, 5.41) is 3.16. The molecule has 0 aliphatic carbocycles. The van der Waals surface area contributed by atoms with Gasteiger partial charge in [0.1, 0.15) is 0 Å². The van der Waals surface area contributed by atoms with Crippen molar-refractivity contribution in [1.29, 1.82) is 0 Å². The molecule has 21 heavy (non-hydrogen) atoms. The molecule has 0 spiro atoms. The van der Waals surface area contributed by atoms with Crippen molar-refractivity contribution >= 4 is 17.5 Å². The topological polar surface area (TPSA) is 41.3 Å². The van der Waals surface area contributed by atoms with Gasteiger partial charge in [-0.1, -0.05) is 40.0 Å². The third kappa shape index (κ3) is 4.55. The summed E-state index contributed by atoms with van der Waals surface area (Å²) in [5.74, 6) is 0.458. The van der Waals surface area contributed by atoms with E-state index in [-0.39, 0.29) is 0 Å². The van der Waals surface area contributed by atoms with Gasteiger partial charge >= 0.3 is 0 Å². The maximum absolute atomic E-state index is 6.23. The molecule has 0 saturated heterocycles. The van der Waals surface area contributed by atoms with E-state index < -0.39 is 0 Å². The molecule has 0 radical (unpaired) electrons. The quantitative estimate of drug-likeness (QED) is 0.533. The Kier molecular flexibility index (Phi) is 6.86. The van der Waals surface area contributed by atoms with Crippen molar-refractivity contribution in [3.63, 3.8) is 0 Å². The Bertz CT molecular complexity index is 478. The largest absolute Gasteiger partial charge is 0.398 e. The second-order valence-electron chi connectivity index (χ2n) is 5.55. The number of benzene rings is 1. The summed E-state index contributed by atoms with van der Waals surface area (Å²) in [6, 6.07) is 4.32. The maximum atomic E-state index is 6.23. The second-order valence-corrected chi connectivity index (χ2v) is 5.55. The summed E-state index contributed by atoms with van der Waals surface area (Å²) in [6.45, 7) is 17.0. The van der Waals surface area contributed by atoms with E-state index in [1.54, 1.807) is 6.20 Å². The summed E-state index contributed by atoms with van der Waals surface area (Å²) in [6.07, 6.45) is 4.69. The fourth-order valence-corrected chi connectivity index (χ4v) is 2.42. The molecular formula is C18H29N3. The highest BCUT2D eigenvalue weighted by molar-refractivity contribution is 5.78. The van der Waals surface area contributed by atoms with Gasteiger partial charge in [-0.05, 0) is 36.2 Å². The molecule has 0 amide bonds. The Balaban J connectivity index is 3.19. The highest BCUT2D eigenvalue weighted by atomic mass is 15.1. The van der Waals surface area contributed by atoms with Crippen molar-refractivity contribution in [1.82, 2.24) is 5.32 Å². The first-order chi connectivity index (χ1) is 10.0. The van der Waals surface area contributed by atoms with Crippen LogP contribution in [-0.4, -0.2) is 19.6 Å². The van der Waals surface area contributed by atoms with Gasteiger partial charge in [0.15, 0.2) is 0 Å². The lowest BCUT2D eigenvalue weighted by Crippen LogP contribution is -2.32. The van der Waals surface area contributed by atoms with Gasteiger partial charge in [-0.2, -0.15) is 0 Å². The zero-order chi connectivity index (χ0) is 15.8. The minimum absolute atomic E-state index is 0.458. The average molecular weight is 287 g/mol. The lowest BCUT2D eigenvalue weighted by Gasteiger charge is -2.28. The van der Waals surface area contributed by atoms with Crippen molar-refractivity contribution in [2.45, 2.75) is 33.1 Å². The molecule has 0 bridgehead atoms. The molecule has 0 heterocycles. The number of hydrogen-bond acceptors (Lipinski definition) is 3. The van der Waals surface area contributed by atoms with Crippen molar-refractivity contribution in [3.8, 4) is 0 Å². The molecule has 3 nitrogen and oxygen atoms in total. The smallest absolute Gasteiger partial charge is 0.0463 e. The highest BCUT2D eigenvalue weighted by Crippen LogP contribution is 2.32. The van der Waals surface area contributed by atoms with Crippen LogP contribution in [0.3, 0.4) is 0 Å². The number of nitrogens with zero attached hydrogens (tertiary/aromatic N) is 1. The SMILES string of the molecule is C=CNCCN(CCC)c1cc(C(C)C)cc(N)c1C=C. The molecule has 0 fully saturated rings. The van der Waals surface area contributed by atoms with Crippen molar-refractivity contribution in [2.24, 2.45) is 0 Å². The fourth-order valence-electron chi connectivity index (χ4n) is 2.42. The zero-order valence-corrected chi connectivity index (χ0v) is 13.7. The van der Waals surface area contributed by atoms with E-state index >= 15 is 0 Å². The Morgan fingerprint density at radius 3 is 2.52 bits per heavy atom. The maximum Gasteiger partial charge on any atom is 0.0463 e. The normalized spacial score (nSPS) is 10.5. The molecule has 0 unspecified atom stereocenters. The van der Waals surface area contributed by atoms with E-state index in [0.717, 1.165) is 37.3 Å². The highest BCUT2D eigenvalue weighted by Gasteiger charge is 2.14. The van der Waals surface area contributed by atoms with Gasteiger partial charge in [0.25, 0.3) is 0 Å². The van der Waals surface area contributed by atoms with Gasteiger partial charge in [0, 0.05) is 36.6 Å². The van der Waals surface area contributed by atoms with Crippen LogP contribution in [0.2, 0.25) is 0 Å². The molecule has 0 aliphatic rings. The molecule has 1 rings (SSSR count). The first kappa shape index (κ1) is 17.2. The molecule has 1 aromatic rings. The lowest BCUT2D eigenvalue weighted by atomic mass is 9.98. The second kappa shape index (κ2) is 8.40. The molecule has 0 aliphatic heterocycles. The Hall–Kier alpha value is -1.90. The third-order valence-electron chi connectivity index (χ3n) is 3.59. The van der Waals surface area contributed by atoms with Crippen molar-refractivity contribution < 1.29 is 0 Å². The van der Waals surface area contributed by atoms with E-state index in [1.165, 1.54) is 11.3 Å². The first-order valence-corrected chi connectivity index (χ1v) is 7.70. The molecule has 3 heteroatoms. The van der Waals surface area contributed by atoms with E-state index in [9.17, 15) is 0 Å². The van der Waals surface area contributed by atoms with Crippen LogP contribution < -0.4 is 16.0 Å². The van der Waals surface area contributed by atoms with Crippen LogP contribution in [0.4, 0.5) is 11.4 Å². The van der Waals surface area contributed by atoms with E-state index in [0.29, 0.717) is 5.92 Å².